The number of hydrogen-bond acceptors (Lipinski definition) is 7. The summed E-state index contributed by atoms with van der Waals surface area (Å²) < 4.78 is 41.0. The maximum Gasteiger partial charge on any atom is 0.317 e. The lowest BCUT2D eigenvalue weighted by atomic mass is 9.78. The van der Waals surface area contributed by atoms with Crippen molar-refractivity contribution in [2.45, 2.75) is 55.6 Å². The molecule has 1 atom stereocenters. The predicted molar refractivity (Wildman–Crippen MR) is 157 cm³/mol. The highest BCUT2D eigenvalue weighted by Crippen LogP contribution is 2.37. The van der Waals surface area contributed by atoms with Crippen LogP contribution in [0, 0.1) is 5.41 Å². The van der Waals surface area contributed by atoms with Gasteiger partial charge in [-0.1, -0.05) is 31.0 Å². The molecular weight excluding hydrogens is 544 g/mol. The minimum atomic E-state index is -3.94. The molecule has 2 aliphatic heterocycles. The zero-order valence-corrected chi connectivity index (χ0v) is 24.8. The minimum Gasteiger partial charge on any atom is -0.497 e. The van der Waals surface area contributed by atoms with Gasteiger partial charge >= 0.3 is 6.03 Å². The first-order valence-electron chi connectivity index (χ1n) is 14.5. The summed E-state index contributed by atoms with van der Waals surface area (Å²) in [5, 5.41) is 13.8. The molecule has 0 aromatic heterocycles. The minimum absolute atomic E-state index is 0.00459. The summed E-state index contributed by atoms with van der Waals surface area (Å²) in [6, 6.07) is 12.9. The van der Waals surface area contributed by atoms with Crippen LogP contribution in [-0.4, -0.2) is 95.0 Å². The summed E-state index contributed by atoms with van der Waals surface area (Å²) in [5.41, 5.74) is 1.35. The van der Waals surface area contributed by atoms with Gasteiger partial charge in [-0.2, -0.15) is 0 Å². The van der Waals surface area contributed by atoms with E-state index in [2.05, 4.69) is 10.0 Å². The van der Waals surface area contributed by atoms with Gasteiger partial charge in [0.25, 0.3) is 0 Å². The number of fused-ring (bicyclic) bond motifs is 1. The first-order valence-corrected chi connectivity index (χ1v) is 16.0. The molecular formula is C30H42N4O6S. The fourth-order valence-electron chi connectivity index (χ4n) is 6.27. The maximum absolute atomic E-state index is 13.3. The van der Waals surface area contributed by atoms with E-state index in [1.54, 1.807) is 25.3 Å². The lowest BCUT2D eigenvalue weighted by molar-refractivity contribution is 0.0241. The number of carbonyl (C=O) groups is 1. The summed E-state index contributed by atoms with van der Waals surface area (Å²) in [7, 11) is -0.410. The molecule has 10 nitrogen and oxygen atoms in total. The average Bonchev–Trinajstić information content (AvgIpc) is 3.48. The molecule has 2 aromatic rings. The summed E-state index contributed by atoms with van der Waals surface area (Å²) >= 11 is 0. The van der Waals surface area contributed by atoms with Crippen molar-refractivity contribution in [1.29, 1.82) is 0 Å². The van der Waals surface area contributed by atoms with E-state index >= 15 is 0 Å². The number of urea groups is 1. The Kier molecular flexibility index (Phi) is 9.08. The average molecular weight is 587 g/mol. The number of piperidine rings is 1. The number of aliphatic hydroxyl groups excluding tert-OH is 1. The monoisotopic (exact) mass is 586 g/mol. The highest BCUT2D eigenvalue weighted by molar-refractivity contribution is 7.89. The first kappa shape index (κ1) is 29.6. The first-order chi connectivity index (χ1) is 19.7. The number of ether oxygens (including phenoxy) is 2. The Bertz CT molecular complexity index is 1320. The van der Waals surface area contributed by atoms with E-state index < -0.39 is 16.1 Å². The molecule has 3 aliphatic rings. The van der Waals surface area contributed by atoms with Crippen LogP contribution in [0.15, 0.2) is 47.4 Å². The number of β-amino-alcohol motifs (C(OH)–C–C–N with tert-alkyl or cyclic N) is 1. The van der Waals surface area contributed by atoms with Crippen LogP contribution in [0.25, 0.3) is 11.1 Å². The Labute approximate surface area is 243 Å². The van der Waals surface area contributed by atoms with Crippen molar-refractivity contribution in [3.8, 4) is 22.6 Å². The summed E-state index contributed by atoms with van der Waals surface area (Å²) in [5.74, 6) is 0.960. The Hall–Kier alpha value is -2.86. The molecule has 11 heteroatoms. The van der Waals surface area contributed by atoms with E-state index in [4.69, 9.17) is 9.47 Å². The second-order valence-electron chi connectivity index (χ2n) is 11.8. The fraction of sp³-hybridized carbons (Fsp3) is 0.567. The number of rotatable bonds is 3. The number of nitrogens with one attached hydrogen (secondary N) is 2. The number of likely N-dealkylation sites (N-methyl/N-ethyl adjacent to an activating group) is 1. The van der Waals surface area contributed by atoms with Gasteiger partial charge in [0, 0.05) is 44.2 Å². The largest absolute Gasteiger partial charge is 0.497 e. The van der Waals surface area contributed by atoms with Crippen LogP contribution in [0.1, 0.15) is 38.5 Å². The Morgan fingerprint density at radius 3 is 2.59 bits per heavy atom. The third-order valence-corrected chi connectivity index (χ3v) is 10.1. The second-order valence-corrected chi connectivity index (χ2v) is 13.5. The molecule has 2 heterocycles. The van der Waals surface area contributed by atoms with Crippen molar-refractivity contribution in [2.24, 2.45) is 5.41 Å². The van der Waals surface area contributed by atoms with Crippen LogP contribution in [0.2, 0.25) is 0 Å². The molecule has 2 fully saturated rings. The van der Waals surface area contributed by atoms with E-state index in [-0.39, 0.29) is 41.3 Å². The zero-order chi connectivity index (χ0) is 29.0. The van der Waals surface area contributed by atoms with Gasteiger partial charge in [-0.05, 0) is 68.1 Å². The van der Waals surface area contributed by atoms with Gasteiger partial charge in [-0.3, -0.25) is 0 Å². The van der Waals surface area contributed by atoms with Crippen LogP contribution in [-0.2, 0) is 10.0 Å². The SMILES string of the molecule is COc1cccc(-c2ccc3c(c2)OCC2(CCN(C(=O)NC4CCCC4)CC2)CN(C)CC(O)CNS3(=O)=O)c1. The lowest BCUT2D eigenvalue weighted by Gasteiger charge is -2.44. The maximum atomic E-state index is 13.3. The lowest BCUT2D eigenvalue weighted by Crippen LogP contribution is -2.54. The van der Waals surface area contributed by atoms with E-state index in [9.17, 15) is 18.3 Å². The summed E-state index contributed by atoms with van der Waals surface area (Å²) in [4.78, 5) is 16.9. The second kappa shape index (κ2) is 12.6. The van der Waals surface area contributed by atoms with Crippen LogP contribution < -0.4 is 19.5 Å². The standard InChI is InChI=1S/C30H42N4O6S/c1-33-19-25(35)18-31-41(37,38)28-11-10-23(22-6-5-9-26(16-22)39-2)17-27(28)40-21-30(20-33)12-14-34(15-13-30)29(36)32-24-7-3-4-8-24/h5-6,9-11,16-17,24-25,31,35H,3-4,7-8,12-15,18-21H2,1-2H3,(H,32,36). The highest BCUT2D eigenvalue weighted by atomic mass is 32.2. The van der Waals surface area contributed by atoms with Crippen LogP contribution in [0.3, 0.4) is 0 Å². The van der Waals surface area contributed by atoms with E-state index in [1.807, 2.05) is 41.1 Å². The van der Waals surface area contributed by atoms with Gasteiger partial charge in [-0.25, -0.2) is 17.9 Å². The van der Waals surface area contributed by atoms with Crippen LogP contribution >= 0.6 is 0 Å². The number of sulfonamides is 1. The van der Waals surface area contributed by atoms with Crippen LogP contribution in [0.4, 0.5) is 4.79 Å². The molecule has 1 saturated heterocycles. The molecule has 2 amide bonds. The van der Waals surface area contributed by atoms with Gasteiger partial charge < -0.3 is 29.7 Å². The van der Waals surface area contributed by atoms with Gasteiger partial charge in [0.2, 0.25) is 10.0 Å². The summed E-state index contributed by atoms with van der Waals surface area (Å²) in [6.45, 7) is 2.34. The molecule has 41 heavy (non-hydrogen) atoms. The van der Waals surface area contributed by atoms with E-state index in [0.717, 1.165) is 36.8 Å². The normalized spacial score (nSPS) is 23.6. The molecule has 0 radical (unpaired) electrons. The van der Waals surface area contributed by atoms with Gasteiger partial charge in [0.1, 0.15) is 16.4 Å². The number of aliphatic hydroxyl groups is 1. The van der Waals surface area contributed by atoms with E-state index in [1.165, 1.54) is 0 Å². The Morgan fingerprint density at radius 2 is 1.85 bits per heavy atom. The number of carbonyl (C=O) groups excluding carboxylic acids is 1. The molecule has 1 unspecified atom stereocenters. The van der Waals surface area contributed by atoms with E-state index in [0.29, 0.717) is 44.8 Å². The number of methoxy groups -OCH3 is 1. The van der Waals surface area contributed by atoms with Crippen molar-refractivity contribution in [1.82, 2.24) is 19.8 Å². The molecule has 3 N–H and O–H groups in total. The van der Waals surface area contributed by atoms with Crippen LogP contribution in [0.5, 0.6) is 11.5 Å². The molecule has 224 valence electrons. The molecule has 0 bridgehead atoms. The Balaban J connectivity index is 1.41. The predicted octanol–water partition coefficient (Wildman–Crippen LogP) is 3.06. The molecule has 1 aliphatic carbocycles. The number of amides is 2. The highest BCUT2D eigenvalue weighted by Gasteiger charge is 2.39. The molecule has 2 aromatic carbocycles. The summed E-state index contributed by atoms with van der Waals surface area (Å²) in [6.07, 6.45) is 4.96. The quantitative estimate of drug-likeness (QED) is 0.506. The third-order valence-electron chi connectivity index (χ3n) is 8.60. The molecule has 5 rings (SSSR count). The number of likely N-dealkylation sites (tertiary alicyclic amines) is 1. The van der Waals surface area contributed by atoms with Crippen molar-refractivity contribution in [3.05, 3.63) is 42.5 Å². The van der Waals surface area contributed by atoms with Crippen molar-refractivity contribution < 1.29 is 27.8 Å². The molecule has 1 spiro atoms. The van der Waals surface area contributed by atoms with Gasteiger partial charge in [-0.15, -0.1) is 0 Å². The van der Waals surface area contributed by atoms with Crippen molar-refractivity contribution >= 4 is 16.1 Å². The van der Waals surface area contributed by atoms with Gasteiger partial charge in [0.05, 0.1) is 19.8 Å². The molecule has 1 saturated carbocycles. The topological polar surface area (TPSA) is 120 Å². The van der Waals surface area contributed by atoms with Crippen molar-refractivity contribution in [2.75, 3.05) is 53.5 Å². The zero-order valence-electron chi connectivity index (χ0n) is 24.0. The Morgan fingerprint density at radius 1 is 1.12 bits per heavy atom. The third kappa shape index (κ3) is 7.14. The number of nitrogens with zero attached hydrogens (tertiary/aromatic N) is 2. The fourth-order valence-corrected chi connectivity index (χ4v) is 7.47. The van der Waals surface area contributed by atoms with Gasteiger partial charge in [0.15, 0.2) is 0 Å². The van der Waals surface area contributed by atoms with Crippen molar-refractivity contribution in [3.63, 3.8) is 0 Å². The smallest absolute Gasteiger partial charge is 0.317 e. The number of hydrogen-bond donors (Lipinski definition) is 3. The number of benzene rings is 2.